The fourth-order valence-corrected chi connectivity index (χ4v) is 2.56. The first-order chi connectivity index (χ1) is 10.5. The van der Waals surface area contributed by atoms with Gasteiger partial charge in [-0.1, -0.05) is 23.7 Å². The van der Waals surface area contributed by atoms with Gasteiger partial charge in [0.2, 0.25) is 0 Å². The van der Waals surface area contributed by atoms with Gasteiger partial charge < -0.3 is 14.8 Å². The zero-order valence-electron chi connectivity index (χ0n) is 12.8. The summed E-state index contributed by atoms with van der Waals surface area (Å²) in [5, 5.41) is 3.78. The summed E-state index contributed by atoms with van der Waals surface area (Å²) in [7, 11) is 3.21. The van der Waals surface area contributed by atoms with Crippen LogP contribution in [-0.4, -0.2) is 14.2 Å². The summed E-state index contributed by atoms with van der Waals surface area (Å²) >= 11 is 6.08. The summed E-state index contributed by atoms with van der Waals surface area (Å²) in [4.78, 5) is 0. The molecule has 0 aliphatic rings. The predicted molar refractivity (Wildman–Crippen MR) is 86.2 cm³/mol. The number of rotatable bonds is 6. The van der Waals surface area contributed by atoms with E-state index < -0.39 is 0 Å². The van der Waals surface area contributed by atoms with Crippen LogP contribution in [0.1, 0.15) is 24.1 Å². The summed E-state index contributed by atoms with van der Waals surface area (Å²) < 4.78 is 23.6. The van der Waals surface area contributed by atoms with Gasteiger partial charge in [0.05, 0.1) is 14.2 Å². The Hall–Kier alpha value is -1.78. The molecule has 22 heavy (non-hydrogen) atoms. The Balaban J connectivity index is 2.06. The highest BCUT2D eigenvalue weighted by molar-refractivity contribution is 6.31. The van der Waals surface area contributed by atoms with Crippen LogP contribution in [0.3, 0.4) is 0 Å². The normalized spacial score (nSPS) is 12.0. The molecule has 2 rings (SSSR count). The summed E-state index contributed by atoms with van der Waals surface area (Å²) in [6.45, 7) is 2.62. The predicted octanol–water partition coefficient (Wildman–Crippen LogP) is 4.35. The second kappa shape index (κ2) is 7.47. The van der Waals surface area contributed by atoms with Crippen LogP contribution in [0.15, 0.2) is 36.4 Å². The van der Waals surface area contributed by atoms with Gasteiger partial charge in [0.1, 0.15) is 5.82 Å². The lowest BCUT2D eigenvalue weighted by Crippen LogP contribution is -2.18. The molecule has 0 bridgehead atoms. The van der Waals surface area contributed by atoms with Crippen molar-refractivity contribution in [3.63, 3.8) is 0 Å². The van der Waals surface area contributed by atoms with E-state index in [-0.39, 0.29) is 11.9 Å². The smallest absolute Gasteiger partial charge is 0.161 e. The zero-order valence-corrected chi connectivity index (χ0v) is 13.6. The topological polar surface area (TPSA) is 30.5 Å². The van der Waals surface area contributed by atoms with E-state index in [1.165, 1.54) is 12.1 Å². The van der Waals surface area contributed by atoms with Crippen molar-refractivity contribution in [2.75, 3.05) is 14.2 Å². The molecule has 0 heterocycles. The quantitative estimate of drug-likeness (QED) is 0.857. The van der Waals surface area contributed by atoms with Crippen molar-refractivity contribution in [2.45, 2.75) is 19.5 Å². The van der Waals surface area contributed by atoms with Gasteiger partial charge in [0, 0.05) is 17.6 Å². The van der Waals surface area contributed by atoms with E-state index in [9.17, 15) is 4.39 Å². The number of ether oxygens (including phenoxy) is 2. The number of methoxy groups -OCH3 is 2. The van der Waals surface area contributed by atoms with Gasteiger partial charge in [0.25, 0.3) is 0 Å². The molecular formula is C17H19ClFNO2. The lowest BCUT2D eigenvalue weighted by Gasteiger charge is -2.16. The Morgan fingerprint density at radius 1 is 1.09 bits per heavy atom. The third kappa shape index (κ3) is 3.90. The average molecular weight is 324 g/mol. The second-order valence-corrected chi connectivity index (χ2v) is 5.36. The third-order valence-electron chi connectivity index (χ3n) is 3.49. The van der Waals surface area contributed by atoms with Crippen molar-refractivity contribution in [1.29, 1.82) is 0 Å². The maximum atomic E-state index is 13.1. The van der Waals surface area contributed by atoms with Crippen LogP contribution in [0.25, 0.3) is 0 Å². The number of nitrogens with one attached hydrogen (secondary N) is 1. The molecule has 0 fully saturated rings. The lowest BCUT2D eigenvalue weighted by atomic mass is 10.1. The lowest BCUT2D eigenvalue weighted by molar-refractivity contribution is 0.354. The number of halogens is 2. The summed E-state index contributed by atoms with van der Waals surface area (Å²) in [6.07, 6.45) is 0. The van der Waals surface area contributed by atoms with Crippen LogP contribution in [-0.2, 0) is 6.54 Å². The maximum Gasteiger partial charge on any atom is 0.161 e. The molecule has 3 nitrogen and oxygen atoms in total. The summed E-state index contributed by atoms with van der Waals surface area (Å²) in [5.41, 5.74) is 1.92. The van der Waals surface area contributed by atoms with Crippen molar-refractivity contribution in [1.82, 2.24) is 5.32 Å². The van der Waals surface area contributed by atoms with Crippen molar-refractivity contribution in [2.24, 2.45) is 0 Å². The molecule has 0 aromatic heterocycles. The van der Waals surface area contributed by atoms with E-state index in [1.54, 1.807) is 20.3 Å². The molecule has 2 aromatic carbocycles. The first-order valence-electron chi connectivity index (χ1n) is 6.94. The number of hydrogen-bond acceptors (Lipinski definition) is 3. The van der Waals surface area contributed by atoms with E-state index in [2.05, 4.69) is 5.32 Å². The molecule has 5 heteroatoms. The Morgan fingerprint density at radius 2 is 1.82 bits per heavy atom. The van der Waals surface area contributed by atoms with Gasteiger partial charge in [-0.05, 0) is 42.3 Å². The fraction of sp³-hybridized carbons (Fsp3) is 0.294. The van der Waals surface area contributed by atoms with Crippen molar-refractivity contribution in [3.05, 3.63) is 58.4 Å². The molecule has 0 aliphatic carbocycles. The molecule has 0 aliphatic heterocycles. The van der Waals surface area contributed by atoms with Crippen LogP contribution < -0.4 is 14.8 Å². The number of benzene rings is 2. The second-order valence-electron chi connectivity index (χ2n) is 4.96. The molecule has 118 valence electrons. The van der Waals surface area contributed by atoms with Crippen LogP contribution >= 0.6 is 11.6 Å². The molecule has 0 amide bonds. The number of hydrogen-bond donors (Lipinski definition) is 1. The molecule has 2 aromatic rings. The first kappa shape index (κ1) is 16.6. The van der Waals surface area contributed by atoms with E-state index >= 15 is 0 Å². The van der Waals surface area contributed by atoms with Crippen LogP contribution in [0.5, 0.6) is 11.5 Å². The minimum Gasteiger partial charge on any atom is -0.493 e. The molecule has 0 radical (unpaired) electrons. The maximum absolute atomic E-state index is 13.1. The van der Waals surface area contributed by atoms with E-state index in [4.69, 9.17) is 21.1 Å². The van der Waals surface area contributed by atoms with Gasteiger partial charge in [0.15, 0.2) is 11.5 Å². The van der Waals surface area contributed by atoms with E-state index in [1.807, 2.05) is 25.1 Å². The SMILES string of the molecule is COc1ccc(CNC(C)c2ccc(F)cc2Cl)cc1OC. The highest BCUT2D eigenvalue weighted by atomic mass is 35.5. The largest absolute Gasteiger partial charge is 0.493 e. The van der Waals surface area contributed by atoms with Crippen molar-refractivity contribution < 1.29 is 13.9 Å². The van der Waals surface area contributed by atoms with Crippen molar-refractivity contribution in [3.8, 4) is 11.5 Å². The van der Waals surface area contributed by atoms with E-state index in [0.717, 1.165) is 11.1 Å². The molecule has 1 N–H and O–H groups in total. The molecule has 0 spiro atoms. The highest BCUT2D eigenvalue weighted by Crippen LogP contribution is 2.28. The standard InChI is InChI=1S/C17H19ClFNO2/c1-11(14-6-5-13(19)9-15(14)18)20-10-12-4-7-16(21-2)17(8-12)22-3/h4-9,11,20H,10H2,1-3H3. The Morgan fingerprint density at radius 3 is 2.45 bits per heavy atom. The monoisotopic (exact) mass is 323 g/mol. The molecule has 1 atom stereocenters. The van der Waals surface area contributed by atoms with Gasteiger partial charge in [-0.2, -0.15) is 0 Å². The molecule has 0 saturated carbocycles. The van der Waals surface area contributed by atoms with Gasteiger partial charge in [-0.3, -0.25) is 0 Å². The Bertz CT molecular complexity index is 649. The summed E-state index contributed by atoms with van der Waals surface area (Å²) in [5.74, 6) is 1.05. The van der Waals surface area contributed by atoms with Crippen LogP contribution in [0.4, 0.5) is 4.39 Å². The van der Waals surface area contributed by atoms with Gasteiger partial charge in [-0.25, -0.2) is 4.39 Å². The third-order valence-corrected chi connectivity index (χ3v) is 3.82. The minimum atomic E-state index is -0.333. The molecule has 0 saturated heterocycles. The zero-order chi connectivity index (χ0) is 16.1. The highest BCUT2D eigenvalue weighted by Gasteiger charge is 2.11. The van der Waals surface area contributed by atoms with Crippen LogP contribution in [0, 0.1) is 5.82 Å². The van der Waals surface area contributed by atoms with E-state index in [0.29, 0.717) is 23.1 Å². The molecular weight excluding hydrogens is 305 g/mol. The fourth-order valence-electron chi connectivity index (χ4n) is 2.22. The Labute approximate surface area is 135 Å². The Kier molecular flexibility index (Phi) is 5.63. The van der Waals surface area contributed by atoms with Gasteiger partial charge in [-0.15, -0.1) is 0 Å². The van der Waals surface area contributed by atoms with Crippen molar-refractivity contribution >= 4 is 11.6 Å². The van der Waals surface area contributed by atoms with Crippen LogP contribution in [0.2, 0.25) is 5.02 Å². The van der Waals surface area contributed by atoms with Gasteiger partial charge >= 0.3 is 0 Å². The summed E-state index contributed by atoms with van der Waals surface area (Å²) in [6, 6.07) is 10.2. The average Bonchev–Trinajstić information content (AvgIpc) is 2.52. The first-order valence-corrected chi connectivity index (χ1v) is 7.32. The molecule has 1 unspecified atom stereocenters. The minimum absolute atomic E-state index is 0.00111.